The van der Waals surface area contributed by atoms with Crippen molar-refractivity contribution in [1.29, 1.82) is 0 Å². The molecule has 9 heteroatoms. The van der Waals surface area contributed by atoms with E-state index in [0.717, 1.165) is 10.0 Å². The van der Waals surface area contributed by atoms with Crippen molar-refractivity contribution in [2.45, 2.75) is 6.04 Å². The van der Waals surface area contributed by atoms with Crippen molar-refractivity contribution in [2.24, 2.45) is 11.0 Å². The fourth-order valence-electron chi connectivity index (χ4n) is 4.05. The number of non-ortho nitro benzene ring substituents is 1. The molecule has 158 valence electrons. The van der Waals surface area contributed by atoms with Gasteiger partial charge in [-0.3, -0.25) is 24.7 Å². The molecular weight excluding hydrogens is 476 g/mol. The third-order valence-corrected chi connectivity index (χ3v) is 6.06. The summed E-state index contributed by atoms with van der Waals surface area (Å²) in [5.41, 5.74) is 2.14. The fraction of sp³-hybridized carbons (Fsp3) is 0.0870. The van der Waals surface area contributed by atoms with E-state index in [1.165, 1.54) is 34.2 Å². The van der Waals surface area contributed by atoms with E-state index >= 15 is 0 Å². The average Bonchev–Trinajstić information content (AvgIpc) is 3.32. The van der Waals surface area contributed by atoms with Crippen molar-refractivity contribution in [3.63, 3.8) is 0 Å². The number of anilines is 2. The summed E-state index contributed by atoms with van der Waals surface area (Å²) in [6.45, 7) is 0. The van der Waals surface area contributed by atoms with Crippen LogP contribution in [-0.4, -0.2) is 28.5 Å². The number of hydrogen-bond acceptors (Lipinski definition) is 6. The molecule has 0 unspecified atom stereocenters. The smallest absolute Gasteiger partial charge is 0.269 e. The Morgan fingerprint density at radius 3 is 2.09 bits per heavy atom. The molecule has 32 heavy (non-hydrogen) atoms. The molecule has 2 heterocycles. The number of carbonyl (C=O) groups is 2. The molecule has 0 aliphatic carbocycles. The molecule has 2 amide bonds. The van der Waals surface area contributed by atoms with Gasteiger partial charge in [-0.05, 0) is 42.0 Å². The standard InChI is InChI=1S/C23H15BrN4O4/c24-15-6-8-16(9-7-15)26-22(29)19-20(14-4-2-1-3-5-14)25-27(21(19)23(26)30)17-10-12-18(13-11-17)28(31)32/h1-13,19,21H/t19-,21-/m0/s1. The number of nitro benzene ring substituents is 1. The van der Waals surface area contributed by atoms with Gasteiger partial charge in [-0.15, -0.1) is 0 Å². The van der Waals surface area contributed by atoms with E-state index in [1.807, 2.05) is 30.3 Å². The van der Waals surface area contributed by atoms with E-state index in [1.54, 1.807) is 24.3 Å². The zero-order valence-corrected chi connectivity index (χ0v) is 18.0. The average molecular weight is 491 g/mol. The molecule has 0 spiro atoms. The van der Waals surface area contributed by atoms with Crippen molar-refractivity contribution < 1.29 is 14.5 Å². The fourth-order valence-corrected chi connectivity index (χ4v) is 4.31. The van der Waals surface area contributed by atoms with Crippen molar-refractivity contribution >= 4 is 50.5 Å². The second-order valence-electron chi connectivity index (χ2n) is 7.38. The Morgan fingerprint density at radius 1 is 0.844 bits per heavy atom. The van der Waals surface area contributed by atoms with E-state index in [-0.39, 0.29) is 11.6 Å². The Labute approximate surface area is 191 Å². The molecule has 3 aromatic carbocycles. The SMILES string of the molecule is O=C1[C@H]2C(c3ccccc3)=NN(c3ccc([N+](=O)[O-])cc3)[C@@H]2C(=O)N1c1ccc(Br)cc1. The molecule has 2 aliphatic heterocycles. The Hall–Kier alpha value is -3.85. The molecule has 3 aromatic rings. The molecule has 2 aliphatic rings. The molecule has 2 atom stereocenters. The van der Waals surface area contributed by atoms with Gasteiger partial charge in [0.1, 0.15) is 12.0 Å². The molecule has 8 nitrogen and oxygen atoms in total. The molecule has 0 saturated carbocycles. The van der Waals surface area contributed by atoms with E-state index < -0.39 is 22.8 Å². The monoisotopic (exact) mass is 490 g/mol. The lowest BCUT2D eigenvalue weighted by atomic mass is 9.93. The van der Waals surface area contributed by atoms with E-state index in [9.17, 15) is 19.7 Å². The largest absolute Gasteiger partial charge is 0.273 e. The second-order valence-corrected chi connectivity index (χ2v) is 8.30. The summed E-state index contributed by atoms with van der Waals surface area (Å²) in [5.74, 6) is -1.53. The lowest BCUT2D eigenvalue weighted by Gasteiger charge is -2.22. The minimum atomic E-state index is -0.872. The minimum absolute atomic E-state index is 0.0675. The zero-order valence-electron chi connectivity index (χ0n) is 16.5. The molecule has 0 radical (unpaired) electrons. The summed E-state index contributed by atoms with van der Waals surface area (Å²) < 4.78 is 0.833. The van der Waals surface area contributed by atoms with Crippen molar-refractivity contribution in [3.8, 4) is 0 Å². The molecule has 0 bridgehead atoms. The van der Waals surface area contributed by atoms with Crippen LogP contribution >= 0.6 is 15.9 Å². The van der Waals surface area contributed by atoms with Crippen LogP contribution < -0.4 is 9.91 Å². The maximum Gasteiger partial charge on any atom is 0.269 e. The van der Waals surface area contributed by atoms with Crippen LogP contribution in [0, 0.1) is 16.0 Å². The summed E-state index contributed by atoms with van der Waals surface area (Å²) in [5, 5.41) is 17.2. The number of fused-ring (bicyclic) bond motifs is 1. The number of imide groups is 1. The number of carbonyl (C=O) groups excluding carboxylic acids is 2. The molecule has 5 rings (SSSR count). The number of hydrazone groups is 1. The maximum absolute atomic E-state index is 13.5. The highest BCUT2D eigenvalue weighted by molar-refractivity contribution is 9.10. The normalized spacial score (nSPS) is 19.8. The molecule has 1 saturated heterocycles. The van der Waals surface area contributed by atoms with Gasteiger partial charge in [0.25, 0.3) is 11.6 Å². The Kier molecular flexibility index (Phi) is 4.82. The van der Waals surface area contributed by atoms with Crippen molar-refractivity contribution in [3.05, 3.63) is 99.0 Å². The predicted octanol–water partition coefficient (Wildman–Crippen LogP) is 4.14. The summed E-state index contributed by atoms with van der Waals surface area (Å²) >= 11 is 3.37. The summed E-state index contributed by atoms with van der Waals surface area (Å²) in [4.78, 5) is 38.7. The highest BCUT2D eigenvalue weighted by Gasteiger charge is 2.57. The first kappa shape index (κ1) is 20.1. The third kappa shape index (κ3) is 3.18. The van der Waals surface area contributed by atoms with E-state index in [0.29, 0.717) is 17.1 Å². The van der Waals surface area contributed by atoms with Crippen LogP contribution in [0.4, 0.5) is 17.1 Å². The lowest BCUT2D eigenvalue weighted by Crippen LogP contribution is -2.39. The minimum Gasteiger partial charge on any atom is -0.273 e. The Bertz CT molecular complexity index is 1260. The van der Waals surface area contributed by atoms with Crippen LogP contribution in [0.3, 0.4) is 0 Å². The summed E-state index contributed by atoms with van der Waals surface area (Å²) in [6.07, 6.45) is 0. The number of benzene rings is 3. The molecule has 0 aromatic heterocycles. The number of rotatable bonds is 4. The quantitative estimate of drug-likeness (QED) is 0.311. The zero-order chi connectivity index (χ0) is 22.4. The number of hydrogen-bond donors (Lipinski definition) is 0. The van der Waals surface area contributed by atoms with Gasteiger partial charge in [0.05, 0.1) is 22.0 Å². The van der Waals surface area contributed by atoms with Gasteiger partial charge in [0, 0.05) is 16.6 Å². The highest BCUT2D eigenvalue weighted by atomic mass is 79.9. The van der Waals surface area contributed by atoms with Crippen LogP contribution in [-0.2, 0) is 9.59 Å². The van der Waals surface area contributed by atoms with Gasteiger partial charge in [0.2, 0.25) is 5.91 Å². The van der Waals surface area contributed by atoms with Gasteiger partial charge in [-0.1, -0.05) is 46.3 Å². The molecule has 0 N–H and O–H groups in total. The van der Waals surface area contributed by atoms with Gasteiger partial charge >= 0.3 is 0 Å². The van der Waals surface area contributed by atoms with Gasteiger partial charge in [-0.2, -0.15) is 5.10 Å². The van der Waals surface area contributed by atoms with Crippen LogP contribution in [0.25, 0.3) is 0 Å². The van der Waals surface area contributed by atoms with Crippen LogP contribution in [0.5, 0.6) is 0 Å². The number of nitrogens with zero attached hydrogens (tertiary/aromatic N) is 4. The Morgan fingerprint density at radius 2 is 1.47 bits per heavy atom. The number of halogens is 1. The first-order valence-corrected chi connectivity index (χ1v) is 10.6. The second kappa shape index (κ2) is 7.69. The third-order valence-electron chi connectivity index (χ3n) is 5.53. The molecule has 1 fully saturated rings. The maximum atomic E-state index is 13.5. The van der Waals surface area contributed by atoms with Crippen LogP contribution in [0.1, 0.15) is 5.56 Å². The predicted molar refractivity (Wildman–Crippen MR) is 122 cm³/mol. The Balaban J connectivity index is 1.61. The lowest BCUT2D eigenvalue weighted by molar-refractivity contribution is -0.384. The van der Waals surface area contributed by atoms with Gasteiger partial charge in [0.15, 0.2) is 0 Å². The van der Waals surface area contributed by atoms with Gasteiger partial charge in [-0.25, -0.2) is 4.90 Å². The van der Waals surface area contributed by atoms with Crippen LogP contribution in [0.15, 0.2) is 88.4 Å². The number of amides is 2. The van der Waals surface area contributed by atoms with Crippen LogP contribution in [0.2, 0.25) is 0 Å². The highest BCUT2D eigenvalue weighted by Crippen LogP contribution is 2.39. The van der Waals surface area contributed by atoms with E-state index in [2.05, 4.69) is 21.0 Å². The number of nitro groups is 1. The first-order chi connectivity index (χ1) is 15.5. The topological polar surface area (TPSA) is 96.1 Å². The van der Waals surface area contributed by atoms with Crippen molar-refractivity contribution in [1.82, 2.24) is 0 Å². The van der Waals surface area contributed by atoms with Gasteiger partial charge < -0.3 is 0 Å². The molecular formula is C23H15BrN4O4. The van der Waals surface area contributed by atoms with E-state index in [4.69, 9.17) is 0 Å². The van der Waals surface area contributed by atoms with Crippen molar-refractivity contribution in [2.75, 3.05) is 9.91 Å². The summed E-state index contributed by atoms with van der Waals surface area (Å²) in [6, 6.07) is 21.1. The summed E-state index contributed by atoms with van der Waals surface area (Å²) in [7, 11) is 0. The first-order valence-electron chi connectivity index (χ1n) is 9.76.